The minimum Gasteiger partial charge on any atom is -0.466 e. The van der Waals surface area contributed by atoms with Gasteiger partial charge in [0, 0.05) is 12.8 Å². The van der Waals surface area contributed by atoms with E-state index in [1.807, 2.05) is 6.08 Å². The maximum atomic E-state index is 12.5. The highest BCUT2D eigenvalue weighted by atomic mass is 16.5. The largest absolute Gasteiger partial charge is 0.466 e. The van der Waals surface area contributed by atoms with Crippen LogP contribution in [0.5, 0.6) is 0 Å². The van der Waals surface area contributed by atoms with Crippen molar-refractivity contribution in [1.82, 2.24) is 5.32 Å². The van der Waals surface area contributed by atoms with Gasteiger partial charge in [0.05, 0.1) is 25.4 Å². The molecule has 2 unspecified atom stereocenters. The number of amides is 1. The molecule has 430 valence electrons. The van der Waals surface area contributed by atoms with Crippen LogP contribution in [0.1, 0.15) is 354 Å². The van der Waals surface area contributed by atoms with Crippen molar-refractivity contribution >= 4 is 11.9 Å². The summed E-state index contributed by atoms with van der Waals surface area (Å²) in [6.07, 6.45) is 79.0. The Morgan fingerprint density at radius 3 is 1.05 bits per heavy atom. The average Bonchev–Trinajstić information content (AvgIpc) is 3.39. The van der Waals surface area contributed by atoms with Gasteiger partial charge < -0.3 is 20.3 Å². The molecule has 3 N–H and O–H groups in total. The van der Waals surface area contributed by atoms with Crippen LogP contribution < -0.4 is 5.32 Å². The first kappa shape index (κ1) is 71.1. The number of aliphatic hydroxyl groups is 2. The Bertz CT molecular complexity index is 1180. The molecule has 0 radical (unpaired) electrons. The van der Waals surface area contributed by atoms with Crippen molar-refractivity contribution in [1.29, 1.82) is 0 Å². The summed E-state index contributed by atoms with van der Waals surface area (Å²) in [5.41, 5.74) is 0. The lowest BCUT2D eigenvalue weighted by Crippen LogP contribution is -2.45. The van der Waals surface area contributed by atoms with Crippen LogP contribution >= 0.6 is 0 Å². The molecular weight excluding hydrogens is 899 g/mol. The standard InChI is InChI=1S/C67H127NO5/c1-3-5-7-9-11-13-15-17-19-21-25-28-31-35-39-43-47-51-55-59-65(70)64(63-69)68-66(71)60-56-52-48-44-40-36-32-29-26-23-22-24-27-30-34-38-42-46-50-54-58-62-73-67(72)61-57-53-49-45-41-37-33-20-18-16-14-12-10-8-6-4-2/h14,16,20,33,55,59,64-65,69-70H,3-13,15,17-19,21-32,34-54,56-58,60-63H2,1-2H3,(H,68,71)/b16-14-,33-20-,59-55+. The molecule has 0 bridgehead atoms. The van der Waals surface area contributed by atoms with Gasteiger partial charge >= 0.3 is 5.97 Å². The smallest absolute Gasteiger partial charge is 0.305 e. The van der Waals surface area contributed by atoms with Gasteiger partial charge in [-0.3, -0.25) is 9.59 Å². The van der Waals surface area contributed by atoms with Gasteiger partial charge in [-0.1, -0.05) is 314 Å². The predicted molar refractivity (Wildman–Crippen MR) is 319 cm³/mol. The summed E-state index contributed by atoms with van der Waals surface area (Å²) >= 11 is 0. The maximum Gasteiger partial charge on any atom is 0.305 e. The van der Waals surface area contributed by atoms with Gasteiger partial charge in [0.2, 0.25) is 5.91 Å². The molecule has 0 rings (SSSR count). The molecule has 0 heterocycles. The molecule has 0 aromatic carbocycles. The van der Waals surface area contributed by atoms with E-state index in [9.17, 15) is 19.8 Å². The molecule has 0 saturated heterocycles. The fraction of sp³-hybridized carbons (Fsp3) is 0.881. The lowest BCUT2D eigenvalue weighted by Gasteiger charge is -2.20. The molecule has 2 atom stereocenters. The number of rotatable bonds is 61. The second kappa shape index (κ2) is 62.6. The molecular formula is C67H127NO5. The first-order valence-corrected chi connectivity index (χ1v) is 32.8. The lowest BCUT2D eigenvalue weighted by atomic mass is 10.0. The maximum absolute atomic E-state index is 12.5. The van der Waals surface area contributed by atoms with Crippen LogP contribution in [0, 0.1) is 0 Å². The normalized spacial score (nSPS) is 12.8. The Morgan fingerprint density at radius 1 is 0.384 bits per heavy atom. The fourth-order valence-corrected chi connectivity index (χ4v) is 10.1. The van der Waals surface area contributed by atoms with E-state index in [0.717, 1.165) is 51.4 Å². The van der Waals surface area contributed by atoms with E-state index >= 15 is 0 Å². The summed E-state index contributed by atoms with van der Waals surface area (Å²) in [4.78, 5) is 24.6. The number of hydrogen-bond acceptors (Lipinski definition) is 5. The number of carbonyl (C=O) groups is 2. The minimum atomic E-state index is -0.846. The molecule has 0 aromatic heterocycles. The van der Waals surface area contributed by atoms with Gasteiger partial charge in [0.25, 0.3) is 0 Å². The molecule has 0 fully saturated rings. The molecule has 6 heteroatoms. The highest BCUT2D eigenvalue weighted by molar-refractivity contribution is 5.76. The molecule has 6 nitrogen and oxygen atoms in total. The number of ether oxygens (including phenoxy) is 1. The van der Waals surface area contributed by atoms with Crippen LogP contribution in [0.25, 0.3) is 0 Å². The Kier molecular flexibility index (Phi) is 61.0. The van der Waals surface area contributed by atoms with Crippen molar-refractivity contribution in [3.63, 3.8) is 0 Å². The Hall–Kier alpha value is -1.92. The molecule has 0 spiro atoms. The van der Waals surface area contributed by atoms with Crippen LogP contribution in [-0.2, 0) is 14.3 Å². The number of allylic oxidation sites excluding steroid dienone is 5. The van der Waals surface area contributed by atoms with Crippen molar-refractivity contribution in [2.24, 2.45) is 0 Å². The molecule has 73 heavy (non-hydrogen) atoms. The number of nitrogens with one attached hydrogen (secondary N) is 1. The van der Waals surface area contributed by atoms with Gasteiger partial charge in [-0.15, -0.1) is 0 Å². The lowest BCUT2D eigenvalue weighted by molar-refractivity contribution is -0.143. The minimum absolute atomic E-state index is 0.00175. The highest BCUT2D eigenvalue weighted by Gasteiger charge is 2.18. The monoisotopic (exact) mass is 1030 g/mol. The van der Waals surface area contributed by atoms with E-state index < -0.39 is 12.1 Å². The molecule has 0 aliphatic heterocycles. The zero-order valence-electron chi connectivity index (χ0n) is 49.1. The van der Waals surface area contributed by atoms with E-state index in [-0.39, 0.29) is 18.5 Å². The Morgan fingerprint density at radius 2 is 0.685 bits per heavy atom. The van der Waals surface area contributed by atoms with E-state index in [2.05, 4.69) is 43.5 Å². The molecule has 1 amide bonds. The zero-order valence-corrected chi connectivity index (χ0v) is 49.1. The summed E-state index contributed by atoms with van der Waals surface area (Å²) in [5.74, 6) is -0.0683. The Balaban J connectivity index is 3.42. The predicted octanol–water partition coefficient (Wildman–Crippen LogP) is 20.8. The van der Waals surface area contributed by atoms with Gasteiger partial charge in [0.1, 0.15) is 0 Å². The highest BCUT2D eigenvalue weighted by Crippen LogP contribution is 2.18. The van der Waals surface area contributed by atoms with Crippen molar-refractivity contribution < 1.29 is 24.5 Å². The summed E-state index contributed by atoms with van der Waals surface area (Å²) in [5, 5.41) is 23.2. The first-order chi connectivity index (χ1) is 36.0. The van der Waals surface area contributed by atoms with Crippen molar-refractivity contribution in [2.45, 2.75) is 366 Å². The number of unbranched alkanes of at least 4 members (excludes halogenated alkanes) is 46. The topological polar surface area (TPSA) is 95.9 Å². The summed E-state index contributed by atoms with van der Waals surface area (Å²) < 4.78 is 5.48. The van der Waals surface area contributed by atoms with Crippen LogP contribution in [0.3, 0.4) is 0 Å². The average molecular weight is 1030 g/mol. The van der Waals surface area contributed by atoms with E-state index in [0.29, 0.717) is 19.4 Å². The number of aliphatic hydroxyl groups excluding tert-OH is 2. The third-order valence-electron chi connectivity index (χ3n) is 15.2. The summed E-state index contributed by atoms with van der Waals surface area (Å²) in [6.45, 7) is 4.90. The van der Waals surface area contributed by atoms with E-state index in [1.165, 1.54) is 276 Å². The molecule has 0 aliphatic rings. The van der Waals surface area contributed by atoms with Gasteiger partial charge in [0.15, 0.2) is 0 Å². The first-order valence-electron chi connectivity index (χ1n) is 32.8. The van der Waals surface area contributed by atoms with Crippen LogP contribution in [0.2, 0.25) is 0 Å². The SMILES string of the molecule is CCCCCC/C=C\C/C=C\CCCCCCCC(=O)OCCCCCCCCCCCCCCCCCCCCCCCC(=O)NC(CO)C(O)/C=C/CCCCCCCCCCCCCCCCCCC. The fourth-order valence-electron chi connectivity index (χ4n) is 10.1. The van der Waals surface area contributed by atoms with E-state index in [1.54, 1.807) is 6.08 Å². The zero-order chi connectivity index (χ0) is 52.9. The van der Waals surface area contributed by atoms with Crippen LogP contribution in [-0.4, -0.2) is 47.4 Å². The van der Waals surface area contributed by atoms with Gasteiger partial charge in [-0.05, 0) is 64.2 Å². The summed E-state index contributed by atoms with van der Waals surface area (Å²) in [7, 11) is 0. The quantitative estimate of drug-likeness (QED) is 0.0320. The van der Waals surface area contributed by atoms with Crippen molar-refractivity contribution in [3.8, 4) is 0 Å². The van der Waals surface area contributed by atoms with Gasteiger partial charge in [-0.2, -0.15) is 0 Å². The second-order valence-corrected chi connectivity index (χ2v) is 22.5. The van der Waals surface area contributed by atoms with Crippen LogP contribution in [0.15, 0.2) is 36.5 Å². The number of carbonyl (C=O) groups excluding carboxylic acids is 2. The number of esters is 1. The molecule has 0 aromatic rings. The van der Waals surface area contributed by atoms with Crippen molar-refractivity contribution in [3.05, 3.63) is 36.5 Å². The molecule has 0 aliphatic carbocycles. The van der Waals surface area contributed by atoms with Gasteiger partial charge in [-0.25, -0.2) is 0 Å². The summed E-state index contributed by atoms with van der Waals surface area (Å²) in [6, 6.07) is -0.630. The molecule has 0 saturated carbocycles. The van der Waals surface area contributed by atoms with Crippen molar-refractivity contribution in [2.75, 3.05) is 13.2 Å². The second-order valence-electron chi connectivity index (χ2n) is 22.5. The van der Waals surface area contributed by atoms with E-state index in [4.69, 9.17) is 4.74 Å². The van der Waals surface area contributed by atoms with Crippen LogP contribution in [0.4, 0.5) is 0 Å². The third-order valence-corrected chi connectivity index (χ3v) is 15.2. The Labute approximate surface area is 455 Å². The third kappa shape index (κ3) is 59.2. The number of hydrogen-bond donors (Lipinski definition) is 3.